The Labute approximate surface area is 148 Å². The van der Waals surface area contributed by atoms with Gasteiger partial charge in [0.1, 0.15) is 5.75 Å². The highest BCUT2D eigenvalue weighted by atomic mass is 16.5. The molecule has 0 radical (unpaired) electrons. The zero-order chi connectivity index (χ0) is 18.4. The van der Waals surface area contributed by atoms with Crippen molar-refractivity contribution in [3.05, 3.63) is 59.2 Å². The van der Waals surface area contributed by atoms with Gasteiger partial charge in [-0.05, 0) is 49.6 Å². The van der Waals surface area contributed by atoms with Crippen molar-refractivity contribution >= 4 is 17.6 Å². The van der Waals surface area contributed by atoms with Crippen LogP contribution in [0, 0.1) is 6.92 Å². The maximum absolute atomic E-state index is 12.4. The molecule has 2 aromatic rings. The molecule has 1 N–H and O–H groups in total. The third kappa shape index (κ3) is 4.59. The van der Waals surface area contributed by atoms with Crippen molar-refractivity contribution in [2.45, 2.75) is 33.3 Å². The molecule has 25 heavy (non-hydrogen) atoms. The fourth-order valence-corrected chi connectivity index (χ4v) is 2.46. The summed E-state index contributed by atoms with van der Waals surface area (Å²) >= 11 is 0. The first kappa shape index (κ1) is 18.5. The quantitative estimate of drug-likeness (QED) is 0.813. The zero-order valence-electron chi connectivity index (χ0n) is 15.0. The van der Waals surface area contributed by atoms with E-state index in [9.17, 15) is 9.59 Å². The van der Waals surface area contributed by atoms with E-state index in [1.54, 1.807) is 31.2 Å². The van der Waals surface area contributed by atoms with Crippen molar-refractivity contribution in [2.75, 3.05) is 12.4 Å². The summed E-state index contributed by atoms with van der Waals surface area (Å²) in [7, 11) is 1.52. The predicted octanol–water partition coefficient (Wildman–Crippen LogP) is 3.75. The van der Waals surface area contributed by atoms with Gasteiger partial charge in [0.15, 0.2) is 6.10 Å². The highest BCUT2D eigenvalue weighted by Gasteiger charge is 2.20. The first-order valence-corrected chi connectivity index (χ1v) is 8.20. The van der Waals surface area contributed by atoms with Gasteiger partial charge in [0.2, 0.25) is 0 Å². The second kappa shape index (κ2) is 8.33. The van der Waals surface area contributed by atoms with E-state index in [1.165, 1.54) is 7.11 Å². The molecule has 1 amide bonds. The van der Waals surface area contributed by atoms with Crippen molar-refractivity contribution in [3.8, 4) is 5.75 Å². The molecule has 0 fully saturated rings. The summed E-state index contributed by atoms with van der Waals surface area (Å²) in [6, 6.07) is 12.5. The Morgan fingerprint density at radius 2 is 1.88 bits per heavy atom. The Kier molecular flexibility index (Phi) is 6.17. The van der Waals surface area contributed by atoms with Gasteiger partial charge in [-0.3, -0.25) is 4.79 Å². The number of hydrogen-bond donors (Lipinski definition) is 1. The maximum Gasteiger partial charge on any atom is 0.339 e. The fourth-order valence-electron chi connectivity index (χ4n) is 2.46. The molecule has 2 rings (SSSR count). The summed E-state index contributed by atoms with van der Waals surface area (Å²) < 4.78 is 10.4. The molecule has 0 saturated heterocycles. The van der Waals surface area contributed by atoms with Crippen LogP contribution in [0.5, 0.6) is 5.75 Å². The van der Waals surface area contributed by atoms with E-state index in [-0.39, 0.29) is 5.91 Å². The van der Waals surface area contributed by atoms with Gasteiger partial charge in [-0.15, -0.1) is 0 Å². The van der Waals surface area contributed by atoms with Crippen molar-refractivity contribution in [2.24, 2.45) is 0 Å². The van der Waals surface area contributed by atoms with Gasteiger partial charge in [-0.2, -0.15) is 0 Å². The van der Waals surface area contributed by atoms with Crippen LogP contribution in [0.15, 0.2) is 42.5 Å². The zero-order valence-corrected chi connectivity index (χ0v) is 15.0. The minimum Gasteiger partial charge on any atom is -0.497 e. The van der Waals surface area contributed by atoms with Crippen LogP contribution in [-0.2, 0) is 16.0 Å². The van der Waals surface area contributed by atoms with E-state index in [4.69, 9.17) is 9.47 Å². The summed E-state index contributed by atoms with van der Waals surface area (Å²) in [5.74, 6) is -0.374. The summed E-state index contributed by atoms with van der Waals surface area (Å²) in [5, 5.41) is 2.87. The van der Waals surface area contributed by atoms with Gasteiger partial charge in [-0.25, -0.2) is 4.79 Å². The lowest BCUT2D eigenvalue weighted by Gasteiger charge is -2.17. The maximum atomic E-state index is 12.4. The predicted molar refractivity (Wildman–Crippen MR) is 97.1 cm³/mol. The normalized spacial score (nSPS) is 11.5. The largest absolute Gasteiger partial charge is 0.497 e. The number of hydrogen-bond acceptors (Lipinski definition) is 4. The average Bonchev–Trinajstić information content (AvgIpc) is 2.63. The van der Waals surface area contributed by atoms with Gasteiger partial charge >= 0.3 is 5.97 Å². The molecule has 0 aliphatic carbocycles. The summed E-state index contributed by atoms with van der Waals surface area (Å²) in [4.78, 5) is 24.6. The summed E-state index contributed by atoms with van der Waals surface area (Å²) in [5.41, 5.74) is 3.13. The second-order valence-electron chi connectivity index (χ2n) is 5.73. The smallest absolute Gasteiger partial charge is 0.339 e. The lowest BCUT2D eigenvalue weighted by Crippen LogP contribution is -2.30. The molecule has 2 aromatic carbocycles. The number of aryl methyl sites for hydroxylation is 2. The highest BCUT2D eigenvalue weighted by Crippen LogP contribution is 2.21. The number of para-hydroxylation sites is 1. The van der Waals surface area contributed by atoms with E-state index >= 15 is 0 Å². The van der Waals surface area contributed by atoms with Crippen LogP contribution in [0.1, 0.15) is 35.3 Å². The van der Waals surface area contributed by atoms with Gasteiger partial charge in [0, 0.05) is 5.69 Å². The monoisotopic (exact) mass is 341 g/mol. The van der Waals surface area contributed by atoms with Crippen LogP contribution >= 0.6 is 0 Å². The average molecular weight is 341 g/mol. The first-order valence-electron chi connectivity index (χ1n) is 8.20. The molecule has 0 heterocycles. The number of carbonyl (C=O) groups is 2. The Hall–Kier alpha value is -2.82. The van der Waals surface area contributed by atoms with E-state index in [0.29, 0.717) is 11.3 Å². The molecule has 0 spiro atoms. The fraction of sp³-hybridized carbons (Fsp3) is 0.300. The minimum absolute atomic E-state index is 0.337. The molecule has 0 aromatic heterocycles. The Balaban J connectivity index is 2.06. The molecule has 0 unspecified atom stereocenters. The standard InChI is InChI=1S/C20H23NO4/c1-5-15-9-6-8-13(2)18(15)21-19(22)14(3)25-20(23)16-10-7-11-17(12-16)24-4/h6-12,14H,5H2,1-4H3,(H,21,22)/t14-/m1/s1. The van der Waals surface area contributed by atoms with Crippen LogP contribution in [0.4, 0.5) is 5.69 Å². The summed E-state index contributed by atoms with van der Waals surface area (Å²) in [6.07, 6.45) is -0.113. The number of anilines is 1. The van der Waals surface area contributed by atoms with Crippen LogP contribution in [0.25, 0.3) is 0 Å². The topological polar surface area (TPSA) is 64.6 Å². The van der Waals surface area contributed by atoms with E-state index in [1.807, 2.05) is 32.0 Å². The van der Waals surface area contributed by atoms with Gasteiger partial charge in [-0.1, -0.05) is 31.2 Å². The number of ether oxygens (including phenoxy) is 2. The molecule has 5 nitrogen and oxygen atoms in total. The molecular weight excluding hydrogens is 318 g/mol. The Bertz CT molecular complexity index is 770. The van der Waals surface area contributed by atoms with Gasteiger partial charge < -0.3 is 14.8 Å². The number of esters is 1. The van der Waals surface area contributed by atoms with Crippen LogP contribution in [0.3, 0.4) is 0 Å². The molecule has 5 heteroatoms. The number of amides is 1. The molecule has 0 bridgehead atoms. The van der Waals surface area contributed by atoms with Crippen molar-refractivity contribution < 1.29 is 19.1 Å². The van der Waals surface area contributed by atoms with Gasteiger partial charge in [0.05, 0.1) is 12.7 Å². The lowest BCUT2D eigenvalue weighted by molar-refractivity contribution is -0.123. The number of methoxy groups -OCH3 is 1. The lowest BCUT2D eigenvalue weighted by atomic mass is 10.1. The van der Waals surface area contributed by atoms with E-state index < -0.39 is 12.1 Å². The van der Waals surface area contributed by atoms with Crippen LogP contribution in [-0.4, -0.2) is 25.1 Å². The Morgan fingerprint density at radius 1 is 1.16 bits per heavy atom. The van der Waals surface area contributed by atoms with Crippen molar-refractivity contribution in [1.29, 1.82) is 0 Å². The second-order valence-corrected chi connectivity index (χ2v) is 5.73. The van der Waals surface area contributed by atoms with Crippen LogP contribution < -0.4 is 10.1 Å². The van der Waals surface area contributed by atoms with E-state index in [2.05, 4.69) is 5.32 Å². The Morgan fingerprint density at radius 3 is 2.56 bits per heavy atom. The number of rotatable bonds is 6. The SMILES string of the molecule is CCc1cccc(C)c1NC(=O)[C@@H](C)OC(=O)c1cccc(OC)c1. The first-order chi connectivity index (χ1) is 12.0. The number of benzene rings is 2. The third-order valence-corrected chi connectivity index (χ3v) is 3.95. The van der Waals surface area contributed by atoms with E-state index in [0.717, 1.165) is 23.2 Å². The highest BCUT2D eigenvalue weighted by molar-refractivity contribution is 5.98. The molecule has 0 saturated carbocycles. The molecular formula is C20H23NO4. The molecule has 1 atom stereocenters. The minimum atomic E-state index is -0.914. The molecule has 0 aliphatic rings. The van der Waals surface area contributed by atoms with Crippen molar-refractivity contribution in [3.63, 3.8) is 0 Å². The van der Waals surface area contributed by atoms with Crippen LogP contribution in [0.2, 0.25) is 0 Å². The number of carbonyl (C=O) groups excluding carboxylic acids is 2. The summed E-state index contributed by atoms with van der Waals surface area (Å²) in [6.45, 7) is 5.51. The molecule has 132 valence electrons. The number of nitrogens with one attached hydrogen (secondary N) is 1. The van der Waals surface area contributed by atoms with Crippen molar-refractivity contribution in [1.82, 2.24) is 0 Å². The molecule has 0 aliphatic heterocycles. The third-order valence-electron chi connectivity index (χ3n) is 3.95. The van der Waals surface area contributed by atoms with Gasteiger partial charge in [0.25, 0.3) is 5.91 Å².